The number of amides is 1. The van der Waals surface area contributed by atoms with Gasteiger partial charge < -0.3 is 9.64 Å². The quantitative estimate of drug-likeness (QED) is 0.654. The van der Waals surface area contributed by atoms with E-state index in [4.69, 9.17) is 4.74 Å². The fraction of sp³-hybridized carbons (Fsp3) is 0.933. The molecule has 4 heteroatoms. The molecule has 1 N–H and O–H groups in total. The molecule has 1 rings (SSSR count). The Labute approximate surface area is 117 Å². The molecule has 1 aliphatic rings. The van der Waals surface area contributed by atoms with Gasteiger partial charge in [0, 0.05) is 19.8 Å². The Balaban J connectivity index is 2.50. The summed E-state index contributed by atoms with van der Waals surface area (Å²) in [5, 5.41) is 3.50. The number of carbonyl (C=O) groups is 1. The number of hydrogen-bond acceptors (Lipinski definition) is 3. The summed E-state index contributed by atoms with van der Waals surface area (Å²) in [5.41, 5.74) is 0. The smallest absolute Gasteiger partial charge is 0.241 e. The summed E-state index contributed by atoms with van der Waals surface area (Å²) >= 11 is 0. The highest BCUT2D eigenvalue weighted by Gasteiger charge is 2.37. The van der Waals surface area contributed by atoms with E-state index in [9.17, 15) is 4.79 Å². The van der Waals surface area contributed by atoms with Crippen LogP contribution in [0.2, 0.25) is 0 Å². The number of nitrogens with one attached hydrogen (secondary N) is 1. The lowest BCUT2D eigenvalue weighted by molar-refractivity contribution is -0.130. The van der Waals surface area contributed by atoms with E-state index in [1.165, 1.54) is 0 Å². The van der Waals surface area contributed by atoms with Gasteiger partial charge in [-0.1, -0.05) is 27.2 Å². The average Bonchev–Trinajstić information content (AvgIpc) is 2.62. The molecule has 0 spiro atoms. The molecule has 2 unspecified atom stereocenters. The van der Waals surface area contributed by atoms with E-state index >= 15 is 0 Å². The van der Waals surface area contributed by atoms with Crippen LogP contribution in [0.1, 0.15) is 53.4 Å². The van der Waals surface area contributed by atoms with Crippen LogP contribution in [0, 0.1) is 5.92 Å². The summed E-state index contributed by atoms with van der Waals surface area (Å²) in [6.45, 7) is 10.8. The number of ether oxygens (including phenoxy) is 1. The fourth-order valence-corrected chi connectivity index (χ4v) is 2.65. The minimum atomic E-state index is 0.0173. The molecule has 1 amide bonds. The van der Waals surface area contributed by atoms with E-state index in [0.717, 1.165) is 45.4 Å². The fourth-order valence-electron chi connectivity index (χ4n) is 2.65. The zero-order valence-electron chi connectivity index (χ0n) is 12.9. The summed E-state index contributed by atoms with van der Waals surface area (Å²) < 4.78 is 5.36. The van der Waals surface area contributed by atoms with Crippen molar-refractivity contribution < 1.29 is 9.53 Å². The molecule has 4 nitrogen and oxygen atoms in total. The summed E-state index contributed by atoms with van der Waals surface area (Å²) in [5.74, 6) is 0.829. The lowest BCUT2D eigenvalue weighted by Gasteiger charge is -2.23. The molecule has 0 saturated carbocycles. The SMILES string of the molecule is CCCC1NC(CC(C)C)C(=O)N1CCCOCC. The van der Waals surface area contributed by atoms with E-state index in [0.29, 0.717) is 5.92 Å². The number of nitrogens with zero attached hydrogens (tertiary/aromatic N) is 1. The van der Waals surface area contributed by atoms with Crippen LogP contribution in [0.5, 0.6) is 0 Å². The Hall–Kier alpha value is -0.610. The normalized spacial score (nSPS) is 23.6. The highest BCUT2D eigenvalue weighted by molar-refractivity contribution is 5.84. The monoisotopic (exact) mass is 270 g/mol. The minimum Gasteiger partial charge on any atom is -0.382 e. The van der Waals surface area contributed by atoms with Crippen molar-refractivity contribution in [2.75, 3.05) is 19.8 Å². The molecule has 1 aliphatic heterocycles. The summed E-state index contributed by atoms with van der Waals surface area (Å²) in [6.07, 6.45) is 4.22. The predicted molar refractivity (Wildman–Crippen MR) is 77.9 cm³/mol. The van der Waals surface area contributed by atoms with Crippen molar-refractivity contribution in [3.63, 3.8) is 0 Å². The second kappa shape index (κ2) is 8.54. The average molecular weight is 270 g/mol. The van der Waals surface area contributed by atoms with Crippen LogP contribution in [0.25, 0.3) is 0 Å². The molecule has 1 saturated heterocycles. The molecule has 0 aliphatic carbocycles. The van der Waals surface area contributed by atoms with Gasteiger partial charge in [-0.15, -0.1) is 0 Å². The first-order valence-corrected chi connectivity index (χ1v) is 7.74. The van der Waals surface area contributed by atoms with Gasteiger partial charge in [0.15, 0.2) is 0 Å². The largest absolute Gasteiger partial charge is 0.382 e. The Kier molecular flexibility index (Phi) is 7.39. The molecular formula is C15H30N2O2. The van der Waals surface area contributed by atoms with Crippen LogP contribution >= 0.6 is 0 Å². The Morgan fingerprint density at radius 1 is 1.37 bits per heavy atom. The van der Waals surface area contributed by atoms with Crippen molar-refractivity contribution in [3.8, 4) is 0 Å². The number of rotatable bonds is 9. The highest BCUT2D eigenvalue weighted by Crippen LogP contribution is 2.20. The van der Waals surface area contributed by atoms with Crippen molar-refractivity contribution in [2.24, 2.45) is 5.92 Å². The van der Waals surface area contributed by atoms with Crippen molar-refractivity contribution in [1.29, 1.82) is 0 Å². The second-order valence-corrected chi connectivity index (χ2v) is 5.74. The minimum absolute atomic E-state index is 0.0173. The maximum Gasteiger partial charge on any atom is 0.241 e. The first kappa shape index (κ1) is 16.4. The van der Waals surface area contributed by atoms with E-state index in [2.05, 4.69) is 26.1 Å². The molecule has 0 aromatic carbocycles. The van der Waals surface area contributed by atoms with Crippen molar-refractivity contribution in [1.82, 2.24) is 10.2 Å². The van der Waals surface area contributed by atoms with Gasteiger partial charge in [-0.05, 0) is 32.1 Å². The molecule has 1 heterocycles. The molecule has 19 heavy (non-hydrogen) atoms. The lowest BCUT2D eigenvalue weighted by atomic mass is 10.0. The third-order valence-electron chi connectivity index (χ3n) is 3.51. The molecule has 2 atom stereocenters. The second-order valence-electron chi connectivity index (χ2n) is 5.74. The maximum absolute atomic E-state index is 12.4. The third-order valence-corrected chi connectivity index (χ3v) is 3.51. The standard InChI is InChI=1S/C15H30N2O2/c1-5-8-14-16-13(11-12(3)4)15(18)17(14)9-7-10-19-6-2/h12-14,16H,5-11H2,1-4H3. The molecule has 1 fully saturated rings. The van der Waals surface area contributed by atoms with E-state index in [-0.39, 0.29) is 18.1 Å². The Morgan fingerprint density at radius 2 is 2.11 bits per heavy atom. The lowest BCUT2D eigenvalue weighted by Crippen LogP contribution is -2.38. The zero-order chi connectivity index (χ0) is 14.3. The van der Waals surface area contributed by atoms with Gasteiger partial charge in [-0.2, -0.15) is 0 Å². The highest BCUT2D eigenvalue weighted by atomic mass is 16.5. The first-order valence-electron chi connectivity index (χ1n) is 7.74. The molecular weight excluding hydrogens is 240 g/mol. The first-order chi connectivity index (χ1) is 9.10. The Bertz CT molecular complexity index is 269. The van der Waals surface area contributed by atoms with Crippen molar-refractivity contribution >= 4 is 5.91 Å². The third kappa shape index (κ3) is 5.11. The van der Waals surface area contributed by atoms with Crippen molar-refractivity contribution in [2.45, 2.75) is 65.6 Å². The topological polar surface area (TPSA) is 41.6 Å². The number of carbonyl (C=O) groups excluding carboxylic acids is 1. The van der Waals surface area contributed by atoms with Gasteiger partial charge in [-0.25, -0.2) is 0 Å². The van der Waals surface area contributed by atoms with E-state index < -0.39 is 0 Å². The molecule has 112 valence electrons. The Morgan fingerprint density at radius 3 is 2.68 bits per heavy atom. The van der Waals surface area contributed by atoms with Crippen LogP contribution in [-0.4, -0.2) is 42.8 Å². The molecule has 0 aromatic rings. The van der Waals surface area contributed by atoms with E-state index in [1.807, 2.05) is 11.8 Å². The maximum atomic E-state index is 12.4. The van der Waals surface area contributed by atoms with E-state index in [1.54, 1.807) is 0 Å². The van der Waals surface area contributed by atoms with Gasteiger partial charge in [0.1, 0.15) is 0 Å². The van der Waals surface area contributed by atoms with Gasteiger partial charge in [0.2, 0.25) is 5.91 Å². The summed E-state index contributed by atoms with van der Waals surface area (Å²) in [7, 11) is 0. The summed E-state index contributed by atoms with van der Waals surface area (Å²) in [4.78, 5) is 14.4. The van der Waals surface area contributed by atoms with Gasteiger partial charge in [-0.3, -0.25) is 10.1 Å². The predicted octanol–water partition coefficient (Wildman–Crippen LogP) is 2.39. The van der Waals surface area contributed by atoms with Crippen LogP contribution in [0.3, 0.4) is 0 Å². The van der Waals surface area contributed by atoms with Gasteiger partial charge >= 0.3 is 0 Å². The van der Waals surface area contributed by atoms with Crippen LogP contribution < -0.4 is 5.32 Å². The summed E-state index contributed by atoms with van der Waals surface area (Å²) in [6, 6.07) is 0.0173. The number of hydrogen-bond donors (Lipinski definition) is 1. The molecule has 0 radical (unpaired) electrons. The molecule has 0 bridgehead atoms. The van der Waals surface area contributed by atoms with Crippen LogP contribution in [0.4, 0.5) is 0 Å². The van der Waals surface area contributed by atoms with Gasteiger partial charge in [0.05, 0.1) is 12.2 Å². The van der Waals surface area contributed by atoms with Crippen LogP contribution in [-0.2, 0) is 9.53 Å². The van der Waals surface area contributed by atoms with Gasteiger partial charge in [0.25, 0.3) is 0 Å². The van der Waals surface area contributed by atoms with Crippen LogP contribution in [0.15, 0.2) is 0 Å². The zero-order valence-corrected chi connectivity index (χ0v) is 12.9. The van der Waals surface area contributed by atoms with Crippen molar-refractivity contribution in [3.05, 3.63) is 0 Å². The molecule has 0 aromatic heterocycles.